The van der Waals surface area contributed by atoms with E-state index in [4.69, 9.17) is 0 Å². The molecule has 1 N–H and O–H groups in total. The summed E-state index contributed by atoms with van der Waals surface area (Å²) < 4.78 is 27.8. The molecule has 1 aromatic carbocycles. The van der Waals surface area contributed by atoms with Crippen LogP contribution in [-0.4, -0.2) is 31.9 Å². The maximum atomic E-state index is 13.1. The highest BCUT2D eigenvalue weighted by Gasteiger charge is 2.37. The van der Waals surface area contributed by atoms with Gasteiger partial charge in [0.25, 0.3) is 0 Å². The van der Waals surface area contributed by atoms with E-state index in [2.05, 4.69) is 12.2 Å². The van der Waals surface area contributed by atoms with Gasteiger partial charge in [-0.05, 0) is 56.2 Å². The predicted octanol–water partition coefficient (Wildman–Crippen LogP) is 2.77. The van der Waals surface area contributed by atoms with Crippen molar-refractivity contribution in [2.45, 2.75) is 51.0 Å². The fourth-order valence-electron chi connectivity index (χ4n) is 3.68. The molecule has 1 saturated heterocycles. The Labute approximate surface area is 127 Å². The van der Waals surface area contributed by atoms with Crippen LogP contribution in [0, 0.1) is 12.8 Å². The van der Waals surface area contributed by atoms with E-state index in [-0.39, 0.29) is 6.04 Å². The van der Waals surface area contributed by atoms with Crippen LogP contribution in [0.1, 0.15) is 37.8 Å². The molecule has 0 aliphatic carbocycles. The molecule has 5 heteroatoms. The second-order valence-electron chi connectivity index (χ2n) is 6.53. The zero-order valence-electron chi connectivity index (χ0n) is 13.0. The molecule has 1 aromatic rings. The second kappa shape index (κ2) is 5.29. The Kier molecular flexibility index (Phi) is 3.74. The zero-order chi connectivity index (χ0) is 15.2. The minimum atomic E-state index is -3.39. The number of hydrogen-bond donors (Lipinski definition) is 1. The Morgan fingerprint density at radius 2 is 2.05 bits per heavy atom. The van der Waals surface area contributed by atoms with Crippen LogP contribution in [0.3, 0.4) is 0 Å². The first-order valence-corrected chi connectivity index (χ1v) is 9.23. The Morgan fingerprint density at radius 3 is 2.71 bits per heavy atom. The van der Waals surface area contributed by atoms with Gasteiger partial charge in [-0.15, -0.1) is 0 Å². The molecule has 1 fully saturated rings. The van der Waals surface area contributed by atoms with Gasteiger partial charge in [0.05, 0.1) is 4.90 Å². The molecule has 2 aliphatic rings. The van der Waals surface area contributed by atoms with E-state index < -0.39 is 10.0 Å². The normalized spacial score (nSPS) is 26.4. The molecule has 0 aromatic heterocycles. The monoisotopic (exact) mass is 308 g/mol. The fourth-order valence-corrected chi connectivity index (χ4v) is 5.70. The van der Waals surface area contributed by atoms with Gasteiger partial charge >= 0.3 is 0 Å². The minimum Gasteiger partial charge on any atom is -0.385 e. The summed E-state index contributed by atoms with van der Waals surface area (Å²) in [5, 5.41) is 3.37. The van der Waals surface area contributed by atoms with E-state index in [1.54, 1.807) is 10.4 Å². The summed E-state index contributed by atoms with van der Waals surface area (Å²) in [6, 6.07) is 3.82. The summed E-state index contributed by atoms with van der Waals surface area (Å²) in [7, 11) is -3.39. The maximum Gasteiger partial charge on any atom is 0.243 e. The van der Waals surface area contributed by atoms with Gasteiger partial charge in [0.15, 0.2) is 0 Å². The third-order valence-electron chi connectivity index (χ3n) is 4.70. The number of fused-ring (bicyclic) bond motifs is 1. The average molecular weight is 308 g/mol. The Balaban J connectivity index is 2.08. The third kappa shape index (κ3) is 2.46. The summed E-state index contributed by atoms with van der Waals surface area (Å²) in [6.07, 6.45) is 2.78. The molecule has 2 heterocycles. The van der Waals surface area contributed by atoms with Crippen molar-refractivity contribution in [3.8, 4) is 0 Å². The molecule has 2 unspecified atom stereocenters. The van der Waals surface area contributed by atoms with Crippen molar-refractivity contribution in [1.82, 2.24) is 4.31 Å². The van der Waals surface area contributed by atoms with Crippen molar-refractivity contribution in [2.24, 2.45) is 5.92 Å². The first-order valence-electron chi connectivity index (χ1n) is 7.79. The molecule has 2 atom stereocenters. The minimum absolute atomic E-state index is 0.0958. The molecular formula is C16H24N2O2S. The van der Waals surface area contributed by atoms with E-state index in [9.17, 15) is 8.42 Å². The van der Waals surface area contributed by atoms with Crippen molar-refractivity contribution >= 4 is 15.7 Å². The molecule has 21 heavy (non-hydrogen) atoms. The number of nitrogens with zero attached hydrogens (tertiary/aromatic N) is 1. The molecular weight excluding hydrogens is 284 g/mol. The molecule has 0 spiro atoms. The first-order chi connectivity index (χ1) is 9.91. The summed E-state index contributed by atoms with van der Waals surface area (Å²) in [5.41, 5.74) is 3.14. The van der Waals surface area contributed by atoms with E-state index in [1.807, 2.05) is 19.9 Å². The van der Waals surface area contributed by atoms with Crippen LogP contribution in [0.5, 0.6) is 0 Å². The zero-order valence-corrected chi connectivity index (χ0v) is 13.8. The highest BCUT2D eigenvalue weighted by atomic mass is 32.2. The Bertz CT molecular complexity index is 654. The topological polar surface area (TPSA) is 49.4 Å². The van der Waals surface area contributed by atoms with Crippen LogP contribution in [0.4, 0.5) is 5.69 Å². The fraction of sp³-hybridized carbons (Fsp3) is 0.625. The van der Waals surface area contributed by atoms with Gasteiger partial charge in [0, 0.05) is 24.8 Å². The molecule has 0 radical (unpaired) electrons. The van der Waals surface area contributed by atoms with E-state index in [1.165, 1.54) is 0 Å². The highest BCUT2D eigenvalue weighted by molar-refractivity contribution is 7.89. The maximum absolute atomic E-state index is 13.1. The lowest BCUT2D eigenvalue weighted by molar-refractivity contribution is 0.405. The molecule has 0 saturated carbocycles. The average Bonchev–Trinajstić information content (AvgIpc) is 2.79. The van der Waals surface area contributed by atoms with Gasteiger partial charge in [0.2, 0.25) is 10.0 Å². The Hall–Kier alpha value is -1.07. The number of anilines is 1. The van der Waals surface area contributed by atoms with Crippen LogP contribution in [-0.2, 0) is 16.4 Å². The number of benzene rings is 1. The molecule has 0 bridgehead atoms. The SMILES string of the molecule is Cc1ccc(S(=O)(=O)N2CC(C)CC2C)c2c1NCCC2. The van der Waals surface area contributed by atoms with Crippen molar-refractivity contribution in [2.75, 3.05) is 18.4 Å². The lowest BCUT2D eigenvalue weighted by Crippen LogP contribution is -2.35. The van der Waals surface area contributed by atoms with Crippen LogP contribution < -0.4 is 5.32 Å². The lowest BCUT2D eigenvalue weighted by atomic mass is 10.00. The Morgan fingerprint density at radius 1 is 1.29 bits per heavy atom. The van der Waals surface area contributed by atoms with Crippen molar-refractivity contribution < 1.29 is 8.42 Å². The van der Waals surface area contributed by atoms with Crippen LogP contribution >= 0.6 is 0 Å². The number of hydrogen-bond acceptors (Lipinski definition) is 3. The summed E-state index contributed by atoms with van der Waals surface area (Å²) in [5.74, 6) is 0.439. The van der Waals surface area contributed by atoms with Gasteiger partial charge in [-0.2, -0.15) is 4.31 Å². The molecule has 3 rings (SSSR count). The largest absolute Gasteiger partial charge is 0.385 e. The quantitative estimate of drug-likeness (QED) is 0.914. The summed E-state index contributed by atoms with van der Waals surface area (Å²) in [4.78, 5) is 0.510. The number of aryl methyl sites for hydroxylation is 1. The number of sulfonamides is 1. The molecule has 4 nitrogen and oxygen atoms in total. The number of rotatable bonds is 2. The predicted molar refractivity (Wildman–Crippen MR) is 85.1 cm³/mol. The van der Waals surface area contributed by atoms with E-state index >= 15 is 0 Å². The van der Waals surface area contributed by atoms with Crippen molar-refractivity contribution in [1.29, 1.82) is 0 Å². The van der Waals surface area contributed by atoms with Gasteiger partial charge in [-0.1, -0.05) is 13.0 Å². The van der Waals surface area contributed by atoms with Crippen LogP contribution in [0.25, 0.3) is 0 Å². The smallest absolute Gasteiger partial charge is 0.243 e. The highest BCUT2D eigenvalue weighted by Crippen LogP contribution is 2.36. The van der Waals surface area contributed by atoms with Gasteiger partial charge in [-0.3, -0.25) is 0 Å². The standard InChI is InChI=1S/C16H24N2O2S/c1-11-9-13(3)18(10-11)21(19,20)15-7-6-12(2)16-14(15)5-4-8-17-16/h6-7,11,13,17H,4-5,8-10H2,1-3H3. The lowest BCUT2D eigenvalue weighted by Gasteiger charge is -2.27. The van der Waals surface area contributed by atoms with Gasteiger partial charge < -0.3 is 5.32 Å². The van der Waals surface area contributed by atoms with Crippen LogP contribution in [0.2, 0.25) is 0 Å². The van der Waals surface area contributed by atoms with Crippen LogP contribution in [0.15, 0.2) is 17.0 Å². The number of nitrogens with one attached hydrogen (secondary N) is 1. The van der Waals surface area contributed by atoms with E-state index in [0.717, 1.165) is 42.6 Å². The van der Waals surface area contributed by atoms with Gasteiger partial charge in [0.1, 0.15) is 0 Å². The summed E-state index contributed by atoms with van der Waals surface area (Å²) in [6.45, 7) is 7.74. The summed E-state index contributed by atoms with van der Waals surface area (Å²) >= 11 is 0. The van der Waals surface area contributed by atoms with Crippen molar-refractivity contribution in [3.63, 3.8) is 0 Å². The van der Waals surface area contributed by atoms with Crippen molar-refractivity contribution in [3.05, 3.63) is 23.3 Å². The molecule has 0 amide bonds. The second-order valence-corrected chi connectivity index (χ2v) is 8.39. The molecule has 116 valence electrons. The van der Waals surface area contributed by atoms with Gasteiger partial charge in [-0.25, -0.2) is 8.42 Å². The third-order valence-corrected chi connectivity index (χ3v) is 6.76. The van der Waals surface area contributed by atoms with E-state index in [0.29, 0.717) is 17.4 Å². The molecule has 2 aliphatic heterocycles. The first kappa shape index (κ1) is 14.9.